The van der Waals surface area contributed by atoms with Gasteiger partial charge >= 0.3 is 0 Å². The van der Waals surface area contributed by atoms with Gasteiger partial charge in [0.15, 0.2) is 0 Å². The van der Waals surface area contributed by atoms with Crippen LogP contribution in [0.15, 0.2) is 48.5 Å². The van der Waals surface area contributed by atoms with Crippen LogP contribution in [0.4, 0.5) is 4.39 Å². The number of fused-ring (bicyclic) bond motifs is 1. The summed E-state index contributed by atoms with van der Waals surface area (Å²) in [5.74, 6) is 0.326. The minimum atomic E-state index is -0.337. The van der Waals surface area contributed by atoms with Gasteiger partial charge in [-0.25, -0.2) is 9.37 Å². The molecule has 3 nitrogen and oxygen atoms in total. The summed E-state index contributed by atoms with van der Waals surface area (Å²) >= 11 is 0. The van der Waals surface area contributed by atoms with E-state index in [0.29, 0.717) is 11.4 Å². The van der Waals surface area contributed by atoms with E-state index in [0.717, 1.165) is 11.0 Å². The SMILES string of the molecule is Cn1c(CC(=O)Cc2ccccc2F)nc2ccccc21. The number of nitrogens with zero attached hydrogens (tertiary/aromatic N) is 2. The summed E-state index contributed by atoms with van der Waals surface area (Å²) in [5.41, 5.74) is 2.29. The van der Waals surface area contributed by atoms with E-state index in [1.54, 1.807) is 18.2 Å². The number of aryl methyl sites for hydroxylation is 1. The summed E-state index contributed by atoms with van der Waals surface area (Å²) in [4.78, 5) is 16.6. The van der Waals surface area contributed by atoms with Crippen molar-refractivity contribution in [2.24, 2.45) is 7.05 Å². The average molecular weight is 282 g/mol. The second-order valence-corrected chi connectivity index (χ2v) is 5.06. The van der Waals surface area contributed by atoms with Crippen molar-refractivity contribution in [3.05, 3.63) is 65.7 Å². The smallest absolute Gasteiger partial charge is 0.144 e. The molecule has 0 spiro atoms. The number of halogens is 1. The van der Waals surface area contributed by atoms with Gasteiger partial charge < -0.3 is 4.57 Å². The zero-order valence-electron chi connectivity index (χ0n) is 11.7. The predicted molar refractivity (Wildman–Crippen MR) is 79.5 cm³/mol. The molecule has 0 aliphatic carbocycles. The molecular formula is C17H15FN2O. The first-order chi connectivity index (χ1) is 10.1. The molecule has 0 aliphatic rings. The first-order valence-electron chi connectivity index (χ1n) is 6.80. The Kier molecular flexibility index (Phi) is 3.52. The van der Waals surface area contributed by atoms with Crippen molar-refractivity contribution in [1.82, 2.24) is 9.55 Å². The lowest BCUT2D eigenvalue weighted by molar-refractivity contribution is -0.118. The molecule has 0 fully saturated rings. The molecule has 0 saturated heterocycles. The van der Waals surface area contributed by atoms with Gasteiger partial charge in [0.05, 0.1) is 17.5 Å². The number of rotatable bonds is 4. The molecule has 3 rings (SSSR count). The van der Waals surface area contributed by atoms with Crippen LogP contribution in [-0.4, -0.2) is 15.3 Å². The Bertz CT molecular complexity index is 807. The Morgan fingerprint density at radius 2 is 1.81 bits per heavy atom. The summed E-state index contributed by atoms with van der Waals surface area (Å²) in [5, 5.41) is 0. The number of carbonyl (C=O) groups is 1. The minimum Gasteiger partial charge on any atom is -0.331 e. The van der Waals surface area contributed by atoms with Crippen LogP contribution in [0.3, 0.4) is 0 Å². The van der Waals surface area contributed by atoms with Crippen LogP contribution in [0.1, 0.15) is 11.4 Å². The Morgan fingerprint density at radius 1 is 1.10 bits per heavy atom. The first-order valence-corrected chi connectivity index (χ1v) is 6.80. The van der Waals surface area contributed by atoms with E-state index in [1.807, 2.05) is 35.9 Å². The van der Waals surface area contributed by atoms with E-state index < -0.39 is 0 Å². The van der Waals surface area contributed by atoms with Crippen LogP contribution in [0.2, 0.25) is 0 Å². The van der Waals surface area contributed by atoms with Crippen molar-refractivity contribution in [3.8, 4) is 0 Å². The van der Waals surface area contributed by atoms with Crippen molar-refractivity contribution in [3.63, 3.8) is 0 Å². The average Bonchev–Trinajstić information content (AvgIpc) is 2.78. The zero-order valence-corrected chi connectivity index (χ0v) is 11.7. The van der Waals surface area contributed by atoms with E-state index in [2.05, 4.69) is 4.98 Å². The van der Waals surface area contributed by atoms with Gasteiger partial charge in [-0.2, -0.15) is 0 Å². The monoisotopic (exact) mass is 282 g/mol. The number of para-hydroxylation sites is 2. The maximum Gasteiger partial charge on any atom is 0.144 e. The van der Waals surface area contributed by atoms with E-state index in [4.69, 9.17) is 0 Å². The lowest BCUT2D eigenvalue weighted by Gasteiger charge is -2.03. The number of Topliss-reactive ketones (excluding diaryl/α,β-unsaturated/α-hetero) is 1. The number of hydrogen-bond acceptors (Lipinski definition) is 2. The normalized spacial score (nSPS) is 11.0. The van der Waals surface area contributed by atoms with Crippen molar-refractivity contribution in [1.29, 1.82) is 0 Å². The van der Waals surface area contributed by atoms with E-state index in [-0.39, 0.29) is 24.4 Å². The number of aromatic nitrogens is 2. The molecule has 0 aliphatic heterocycles. The molecule has 0 atom stereocenters. The van der Waals surface area contributed by atoms with Crippen LogP contribution in [-0.2, 0) is 24.7 Å². The maximum absolute atomic E-state index is 13.6. The van der Waals surface area contributed by atoms with E-state index >= 15 is 0 Å². The number of hydrogen-bond donors (Lipinski definition) is 0. The highest BCUT2D eigenvalue weighted by molar-refractivity contribution is 5.84. The lowest BCUT2D eigenvalue weighted by Crippen LogP contribution is -2.11. The molecule has 2 aromatic carbocycles. The number of imidazole rings is 1. The highest BCUT2D eigenvalue weighted by atomic mass is 19.1. The van der Waals surface area contributed by atoms with Gasteiger partial charge in [0, 0.05) is 13.5 Å². The second kappa shape index (κ2) is 5.48. The standard InChI is InChI=1S/C17H15FN2O/c1-20-16-9-5-4-8-15(16)19-17(20)11-13(21)10-12-6-2-3-7-14(12)18/h2-9H,10-11H2,1H3. The van der Waals surface area contributed by atoms with Crippen LogP contribution in [0.25, 0.3) is 11.0 Å². The highest BCUT2D eigenvalue weighted by Gasteiger charge is 2.13. The Morgan fingerprint density at radius 3 is 2.57 bits per heavy atom. The summed E-state index contributed by atoms with van der Waals surface area (Å²) in [7, 11) is 1.89. The molecule has 0 amide bonds. The molecule has 0 saturated carbocycles. The molecular weight excluding hydrogens is 267 g/mol. The fourth-order valence-corrected chi connectivity index (χ4v) is 2.45. The third-order valence-corrected chi connectivity index (χ3v) is 3.58. The zero-order chi connectivity index (χ0) is 14.8. The fourth-order valence-electron chi connectivity index (χ4n) is 2.45. The van der Waals surface area contributed by atoms with Crippen LogP contribution < -0.4 is 0 Å². The van der Waals surface area contributed by atoms with E-state index in [9.17, 15) is 9.18 Å². The number of benzene rings is 2. The lowest BCUT2D eigenvalue weighted by atomic mass is 10.1. The van der Waals surface area contributed by atoms with Crippen molar-refractivity contribution in [2.45, 2.75) is 12.8 Å². The molecule has 106 valence electrons. The third kappa shape index (κ3) is 2.70. The fraction of sp³-hybridized carbons (Fsp3) is 0.176. The topological polar surface area (TPSA) is 34.9 Å². The van der Waals surface area contributed by atoms with Crippen LogP contribution >= 0.6 is 0 Å². The molecule has 21 heavy (non-hydrogen) atoms. The number of ketones is 1. The Balaban J connectivity index is 1.81. The molecule has 0 radical (unpaired) electrons. The first kappa shape index (κ1) is 13.5. The van der Waals surface area contributed by atoms with Crippen LogP contribution in [0.5, 0.6) is 0 Å². The van der Waals surface area contributed by atoms with Gasteiger partial charge in [0.2, 0.25) is 0 Å². The quantitative estimate of drug-likeness (QED) is 0.737. The molecule has 3 aromatic rings. The third-order valence-electron chi connectivity index (χ3n) is 3.58. The molecule has 1 aromatic heterocycles. The Hall–Kier alpha value is -2.49. The molecule has 0 unspecified atom stereocenters. The van der Waals surface area contributed by atoms with Gasteiger partial charge in [-0.3, -0.25) is 4.79 Å². The highest BCUT2D eigenvalue weighted by Crippen LogP contribution is 2.15. The van der Waals surface area contributed by atoms with Gasteiger partial charge in [-0.1, -0.05) is 30.3 Å². The van der Waals surface area contributed by atoms with E-state index in [1.165, 1.54) is 6.07 Å². The summed E-state index contributed by atoms with van der Waals surface area (Å²) in [6.07, 6.45) is 0.301. The predicted octanol–water partition coefficient (Wildman–Crippen LogP) is 3.07. The summed E-state index contributed by atoms with van der Waals surface area (Å²) < 4.78 is 15.5. The summed E-state index contributed by atoms with van der Waals surface area (Å²) in [6.45, 7) is 0. The second-order valence-electron chi connectivity index (χ2n) is 5.06. The summed E-state index contributed by atoms with van der Waals surface area (Å²) in [6, 6.07) is 14.1. The van der Waals surface area contributed by atoms with Crippen molar-refractivity contribution in [2.75, 3.05) is 0 Å². The molecule has 0 bridgehead atoms. The van der Waals surface area contributed by atoms with Gasteiger partial charge in [0.1, 0.15) is 17.4 Å². The Labute approximate surface area is 122 Å². The van der Waals surface area contributed by atoms with Crippen molar-refractivity contribution < 1.29 is 9.18 Å². The van der Waals surface area contributed by atoms with Crippen molar-refractivity contribution >= 4 is 16.8 Å². The maximum atomic E-state index is 13.6. The van der Waals surface area contributed by atoms with Gasteiger partial charge in [-0.15, -0.1) is 0 Å². The molecule has 4 heteroatoms. The van der Waals surface area contributed by atoms with Crippen LogP contribution in [0, 0.1) is 5.82 Å². The largest absolute Gasteiger partial charge is 0.331 e. The molecule has 0 N–H and O–H groups in total. The van der Waals surface area contributed by atoms with Gasteiger partial charge in [0.25, 0.3) is 0 Å². The minimum absolute atomic E-state index is 0.0430. The molecule has 1 heterocycles. The van der Waals surface area contributed by atoms with Gasteiger partial charge in [-0.05, 0) is 23.8 Å². The number of carbonyl (C=O) groups excluding carboxylic acids is 1.